The number of nitrogens with zero attached hydrogens (tertiary/aromatic N) is 3. The number of aliphatic hydroxyl groups is 1. The number of rotatable bonds is 7. The summed E-state index contributed by atoms with van der Waals surface area (Å²) in [5.74, 6) is -0.295. The summed E-state index contributed by atoms with van der Waals surface area (Å²) in [7, 11) is 1.29. The maximum Gasteiger partial charge on any atom is 0.345 e. The van der Waals surface area contributed by atoms with Gasteiger partial charge in [-0.2, -0.15) is 0 Å². The number of esters is 1. The number of nitrogens with one attached hydrogen (secondary N) is 1. The number of H-pyrrole nitrogens is 1. The fourth-order valence-corrected chi connectivity index (χ4v) is 4.61. The van der Waals surface area contributed by atoms with E-state index in [4.69, 9.17) is 4.74 Å². The van der Waals surface area contributed by atoms with E-state index >= 15 is 0 Å². The third-order valence-electron chi connectivity index (χ3n) is 5.39. The molecule has 0 amide bonds. The minimum atomic E-state index is -0.641. The second-order valence-corrected chi connectivity index (χ2v) is 8.54. The van der Waals surface area contributed by atoms with Crippen molar-refractivity contribution in [1.82, 2.24) is 19.5 Å². The van der Waals surface area contributed by atoms with Crippen molar-refractivity contribution in [3.63, 3.8) is 0 Å². The van der Waals surface area contributed by atoms with Gasteiger partial charge in [-0.15, -0.1) is 0 Å². The molecule has 0 saturated heterocycles. The maximum atomic E-state index is 12.5. The van der Waals surface area contributed by atoms with Gasteiger partial charge >= 0.3 is 5.97 Å². The minimum absolute atomic E-state index is 0.0315. The summed E-state index contributed by atoms with van der Waals surface area (Å²) < 4.78 is 7.15. The number of thioether (sulfide) groups is 1. The highest BCUT2D eigenvalue weighted by atomic mass is 32.2. The van der Waals surface area contributed by atoms with E-state index in [-0.39, 0.29) is 22.9 Å². The molecule has 32 heavy (non-hydrogen) atoms. The number of aromatic nitrogens is 4. The molecule has 0 aliphatic heterocycles. The van der Waals surface area contributed by atoms with Gasteiger partial charge in [0.1, 0.15) is 17.2 Å². The number of aromatic amines is 1. The Morgan fingerprint density at radius 3 is 2.66 bits per heavy atom. The van der Waals surface area contributed by atoms with E-state index in [0.29, 0.717) is 11.6 Å². The van der Waals surface area contributed by atoms with Gasteiger partial charge in [0.15, 0.2) is 5.16 Å². The van der Waals surface area contributed by atoms with Gasteiger partial charge in [0.2, 0.25) is 0 Å². The Morgan fingerprint density at radius 2 is 1.94 bits per heavy atom. The molecular formula is C24H22N4O3S. The molecule has 2 heterocycles. The Labute approximate surface area is 189 Å². The van der Waals surface area contributed by atoms with Crippen LogP contribution in [0, 0.1) is 0 Å². The number of hydrogen-bond donors (Lipinski definition) is 2. The first-order valence-corrected chi connectivity index (χ1v) is 11.3. The van der Waals surface area contributed by atoms with Crippen LogP contribution in [0.25, 0.3) is 27.9 Å². The summed E-state index contributed by atoms with van der Waals surface area (Å²) in [6.07, 6.45) is 4.09. The Hall–Kier alpha value is -3.52. The molecule has 1 aliphatic rings. The Bertz CT molecular complexity index is 1270. The lowest BCUT2D eigenvalue weighted by Gasteiger charge is -2.11. The summed E-state index contributed by atoms with van der Waals surface area (Å²) in [6, 6.07) is 18.0. The van der Waals surface area contributed by atoms with Gasteiger partial charge in [0.05, 0.1) is 35.8 Å². The van der Waals surface area contributed by atoms with Crippen LogP contribution in [0.5, 0.6) is 0 Å². The normalized spacial score (nSPS) is 14.4. The highest BCUT2D eigenvalue weighted by molar-refractivity contribution is 7.99. The van der Waals surface area contributed by atoms with Gasteiger partial charge in [-0.25, -0.2) is 14.8 Å². The second-order valence-electron chi connectivity index (χ2n) is 7.60. The van der Waals surface area contributed by atoms with Gasteiger partial charge in [-0.3, -0.25) is 0 Å². The zero-order valence-corrected chi connectivity index (χ0v) is 18.3. The van der Waals surface area contributed by atoms with Gasteiger partial charge in [-0.1, -0.05) is 54.2 Å². The molecule has 2 N–H and O–H groups in total. The summed E-state index contributed by atoms with van der Waals surface area (Å²) >= 11 is 1.39. The summed E-state index contributed by atoms with van der Waals surface area (Å²) in [5, 5.41) is 11.7. The molecule has 2 aromatic heterocycles. The van der Waals surface area contributed by atoms with Crippen LogP contribution >= 0.6 is 11.8 Å². The van der Waals surface area contributed by atoms with Crippen LogP contribution in [0.3, 0.4) is 0 Å². The van der Waals surface area contributed by atoms with E-state index < -0.39 is 5.97 Å². The molecular weight excluding hydrogens is 424 g/mol. The average molecular weight is 447 g/mol. The first kappa shape index (κ1) is 20.4. The van der Waals surface area contributed by atoms with E-state index in [1.807, 2.05) is 48.7 Å². The van der Waals surface area contributed by atoms with Crippen LogP contribution in [0.4, 0.5) is 0 Å². The second kappa shape index (κ2) is 8.55. The molecule has 0 atom stereocenters. The topological polar surface area (TPSA) is 93.0 Å². The third-order valence-corrected chi connectivity index (χ3v) is 6.36. The monoisotopic (exact) mass is 446 g/mol. The molecule has 2 aromatic carbocycles. The van der Waals surface area contributed by atoms with E-state index in [2.05, 4.69) is 31.7 Å². The molecule has 5 rings (SSSR count). The molecule has 0 unspecified atom stereocenters. The van der Waals surface area contributed by atoms with E-state index in [1.54, 1.807) is 0 Å². The summed E-state index contributed by atoms with van der Waals surface area (Å²) in [5.41, 5.74) is 3.69. The lowest BCUT2D eigenvalue weighted by atomic mass is 10.2. The van der Waals surface area contributed by atoms with Crippen LogP contribution in [0.1, 0.15) is 24.7 Å². The van der Waals surface area contributed by atoms with Crippen molar-refractivity contribution in [2.24, 2.45) is 0 Å². The number of benzene rings is 2. The lowest BCUT2D eigenvalue weighted by molar-refractivity contribution is -0.133. The number of para-hydroxylation sites is 2. The molecule has 4 aromatic rings. The minimum Gasteiger partial charge on any atom is -0.510 e. The molecule has 8 heteroatoms. The number of hydrogen-bond acceptors (Lipinski definition) is 6. The molecule has 1 saturated carbocycles. The molecule has 1 fully saturated rings. The van der Waals surface area contributed by atoms with Crippen molar-refractivity contribution in [3.8, 4) is 11.3 Å². The molecule has 1 aliphatic carbocycles. The zero-order chi connectivity index (χ0) is 22.1. The number of carbonyl (C=O) groups excluding carboxylic acids is 1. The molecule has 7 nitrogen and oxygen atoms in total. The van der Waals surface area contributed by atoms with Crippen LogP contribution in [0.2, 0.25) is 0 Å². The predicted octanol–water partition coefficient (Wildman–Crippen LogP) is 5.00. The van der Waals surface area contributed by atoms with Crippen molar-refractivity contribution >= 4 is 34.3 Å². The maximum absolute atomic E-state index is 12.5. The Morgan fingerprint density at radius 1 is 1.19 bits per heavy atom. The predicted molar refractivity (Wildman–Crippen MR) is 124 cm³/mol. The number of aliphatic hydroxyl groups excluding tert-OH is 1. The SMILES string of the molecule is COC(=O)/C(=C(/O)CSc1ncc(-c2ccccc2)n1C1CC1)c1nc2ccccc2[nH]1. The van der Waals surface area contributed by atoms with Crippen molar-refractivity contribution < 1.29 is 14.6 Å². The van der Waals surface area contributed by atoms with E-state index in [9.17, 15) is 9.90 Å². The fourth-order valence-electron chi connectivity index (χ4n) is 3.69. The van der Waals surface area contributed by atoms with Crippen LogP contribution in [0.15, 0.2) is 71.7 Å². The molecule has 0 spiro atoms. The van der Waals surface area contributed by atoms with Crippen molar-refractivity contribution in [1.29, 1.82) is 0 Å². The van der Waals surface area contributed by atoms with Gasteiger partial charge < -0.3 is 19.4 Å². The highest BCUT2D eigenvalue weighted by Crippen LogP contribution is 2.42. The smallest absolute Gasteiger partial charge is 0.345 e. The Balaban J connectivity index is 1.46. The lowest BCUT2D eigenvalue weighted by Crippen LogP contribution is -2.10. The van der Waals surface area contributed by atoms with Crippen LogP contribution in [-0.4, -0.2) is 43.5 Å². The largest absolute Gasteiger partial charge is 0.510 e. The number of imidazole rings is 2. The fraction of sp³-hybridized carbons (Fsp3) is 0.208. The quantitative estimate of drug-likeness (QED) is 0.180. The van der Waals surface area contributed by atoms with E-state index in [0.717, 1.165) is 34.8 Å². The number of fused-ring (bicyclic) bond motifs is 1. The van der Waals surface area contributed by atoms with Crippen LogP contribution in [-0.2, 0) is 9.53 Å². The first-order valence-electron chi connectivity index (χ1n) is 10.4. The number of carbonyl (C=O) groups is 1. The van der Waals surface area contributed by atoms with E-state index in [1.165, 1.54) is 18.9 Å². The molecule has 0 radical (unpaired) electrons. The van der Waals surface area contributed by atoms with Gasteiger partial charge in [-0.05, 0) is 30.5 Å². The number of methoxy groups -OCH3 is 1. The van der Waals surface area contributed by atoms with Gasteiger partial charge in [0, 0.05) is 6.04 Å². The van der Waals surface area contributed by atoms with Crippen molar-refractivity contribution in [2.75, 3.05) is 12.9 Å². The average Bonchev–Trinajstić information content (AvgIpc) is 3.43. The van der Waals surface area contributed by atoms with Gasteiger partial charge in [0.25, 0.3) is 0 Å². The van der Waals surface area contributed by atoms with Crippen molar-refractivity contribution in [3.05, 3.63) is 72.4 Å². The number of ether oxygens (including phenoxy) is 1. The van der Waals surface area contributed by atoms with Crippen molar-refractivity contribution in [2.45, 2.75) is 24.0 Å². The molecule has 162 valence electrons. The van der Waals surface area contributed by atoms with Crippen LogP contribution < -0.4 is 0 Å². The standard InChI is InChI=1S/C24H22N4O3S/c1-31-23(30)21(22-26-17-9-5-6-10-18(17)27-22)20(29)14-32-24-25-13-19(28(24)16-11-12-16)15-7-3-2-4-8-15/h2-10,13,16,29H,11-12,14H2,1H3,(H,26,27)/b21-20+. The zero-order valence-electron chi connectivity index (χ0n) is 17.5. The Kier molecular flexibility index (Phi) is 5.45. The third kappa shape index (κ3) is 3.89. The molecule has 0 bridgehead atoms. The summed E-state index contributed by atoms with van der Waals surface area (Å²) in [4.78, 5) is 24.6. The highest BCUT2D eigenvalue weighted by Gasteiger charge is 2.29. The summed E-state index contributed by atoms with van der Waals surface area (Å²) in [6.45, 7) is 0. The first-order chi connectivity index (χ1) is 15.7.